The topological polar surface area (TPSA) is 77.0 Å². The summed E-state index contributed by atoms with van der Waals surface area (Å²) < 4.78 is 1.49. The Balaban J connectivity index is 2.03. The maximum absolute atomic E-state index is 12.2. The lowest BCUT2D eigenvalue weighted by Crippen LogP contribution is -2.48. The van der Waals surface area contributed by atoms with E-state index in [9.17, 15) is 4.79 Å². The molecule has 94 valence electrons. The zero-order chi connectivity index (χ0) is 12.4. The number of hydrogen-bond donors (Lipinski definition) is 1. The second-order valence-electron chi connectivity index (χ2n) is 4.73. The molecule has 1 fully saturated rings. The van der Waals surface area contributed by atoms with Crippen molar-refractivity contribution in [2.24, 2.45) is 0 Å². The highest BCUT2D eigenvalue weighted by Crippen LogP contribution is 2.22. The first-order valence-electron chi connectivity index (χ1n) is 6.04. The van der Waals surface area contributed by atoms with Crippen molar-refractivity contribution in [3.63, 3.8) is 0 Å². The highest BCUT2D eigenvalue weighted by atomic mass is 16.2. The monoisotopic (exact) mass is 237 g/mol. The third kappa shape index (κ3) is 2.57. The molecule has 6 nitrogen and oxygen atoms in total. The summed E-state index contributed by atoms with van der Waals surface area (Å²) in [6.07, 6.45) is 4.85. The van der Waals surface area contributed by atoms with E-state index in [-0.39, 0.29) is 18.4 Å². The molecule has 0 radical (unpaired) electrons. The Morgan fingerprint density at radius 1 is 1.47 bits per heavy atom. The molecule has 1 aliphatic heterocycles. The third-order valence-corrected chi connectivity index (χ3v) is 3.33. The SMILES string of the molecule is CC1CCCC(C)N1C(=O)Cn1cnc(N)n1. The molecule has 0 bridgehead atoms. The van der Waals surface area contributed by atoms with E-state index in [0.717, 1.165) is 12.8 Å². The Morgan fingerprint density at radius 2 is 2.12 bits per heavy atom. The molecule has 6 heteroatoms. The number of aromatic nitrogens is 3. The van der Waals surface area contributed by atoms with Gasteiger partial charge in [0, 0.05) is 12.1 Å². The Kier molecular flexibility index (Phi) is 3.31. The van der Waals surface area contributed by atoms with Crippen LogP contribution in [0.2, 0.25) is 0 Å². The van der Waals surface area contributed by atoms with E-state index in [2.05, 4.69) is 23.9 Å². The number of rotatable bonds is 2. The number of carbonyl (C=O) groups excluding carboxylic acids is 1. The molecule has 0 spiro atoms. The summed E-state index contributed by atoms with van der Waals surface area (Å²) in [6, 6.07) is 0.624. The van der Waals surface area contributed by atoms with E-state index >= 15 is 0 Å². The van der Waals surface area contributed by atoms with Gasteiger partial charge in [0.25, 0.3) is 0 Å². The summed E-state index contributed by atoms with van der Waals surface area (Å²) in [7, 11) is 0. The summed E-state index contributed by atoms with van der Waals surface area (Å²) in [6.45, 7) is 4.42. The van der Waals surface area contributed by atoms with Crippen molar-refractivity contribution in [1.82, 2.24) is 19.7 Å². The van der Waals surface area contributed by atoms with Crippen molar-refractivity contribution in [1.29, 1.82) is 0 Å². The van der Waals surface area contributed by atoms with Gasteiger partial charge in [0.15, 0.2) is 0 Å². The molecule has 1 saturated heterocycles. The number of nitrogens with two attached hydrogens (primary N) is 1. The number of likely N-dealkylation sites (tertiary alicyclic amines) is 1. The molecular weight excluding hydrogens is 218 g/mol. The summed E-state index contributed by atoms with van der Waals surface area (Å²) in [4.78, 5) is 18.0. The highest BCUT2D eigenvalue weighted by molar-refractivity contribution is 5.76. The van der Waals surface area contributed by atoms with Crippen LogP contribution in [0.15, 0.2) is 6.33 Å². The number of anilines is 1. The fraction of sp³-hybridized carbons (Fsp3) is 0.727. The first-order chi connectivity index (χ1) is 8.08. The van der Waals surface area contributed by atoms with Gasteiger partial charge in [-0.3, -0.25) is 4.79 Å². The first-order valence-corrected chi connectivity index (χ1v) is 6.04. The van der Waals surface area contributed by atoms with Crippen molar-refractivity contribution in [3.8, 4) is 0 Å². The molecule has 17 heavy (non-hydrogen) atoms. The van der Waals surface area contributed by atoms with E-state index in [4.69, 9.17) is 5.73 Å². The van der Waals surface area contributed by atoms with Crippen molar-refractivity contribution in [2.45, 2.75) is 51.7 Å². The number of nitrogens with zero attached hydrogens (tertiary/aromatic N) is 4. The van der Waals surface area contributed by atoms with Gasteiger partial charge in [-0.2, -0.15) is 0 Å². The maximum atomic E-state index is 12.2. The van der Waals surface area contributed by atoms with Crippen molar-refractivity contribution in [3.05, 3.63) is 6.33 Å². The number of amides is 1. The predicted octanol–water partition coefficient (Wildman–Crippen LogP) is 0.650. The molecule has 2 heterocycles. The first kappa shape index (κ1) is 11.9. The Bertz CT molecular complexity index is 392. The predicted molar refractivity (Wildman–Crippen MR) is 64.1 cm³/mol. The van der Waals surface area contributed by atoms with Crippen LogP contribution in [-0.2, 0) is 11.3 Å². The molecule has 2 atom stereocenters. The van der Waals surface area contributed by atoms with Gasteiger partial charge in [-0.15, -0.1) is 5.10 Å². The van der Waals surface area contributed by atoms with Gasteiger partial charge in [-0.1, -0.05) is 0 Å². The molecule has 1 aromatic rings. The van der Waals surface area contributed by atoms with Gasteiger partial charge in [-0.05, 0) is 33.1 Å². The molecule has 2 N–H and O–H groups in total. The molecule has 0 aromatic carbocycles. The summed E-state index contributed by atoms with van der Waals surface area (Å²) in [5.41, 5.74) is 5.42. The number of carbonyl (C=O) groups is 1. The van der Waals surface area contributed by atoms with E-state index < -0.39 is 0 Å². The molecule has 0 aliphatic carbocycles. The zero-order valence-electron chi connectivity index (χ0n) is 10.3. The van der Waals surface area contributed by atoms with Crippen LogP contribution >= 0.6 is 0 Å². The van der Waals surface area contributed by atoms with Crippen LogP contribution in [0.4, 0.5) is 5.95 Å². The quantitative estimate of drug-likeness (QED) is 0.819. The van der Waals surface area contributed by atoms with Crippen molar-refractivity contribution < 1.29 is 4.79 Å². The number of hydrogen-bond acceptors (Lipinski definition) is 4. The van der Waals surface area contributed by atoms with Crippen LogP contribution in [-0.4, -0.2) is 37.7 Å². The number of nitrogen functional groups attached to an aromatic ring is 1. The standard InChI is InChI=1S/C11H19N5O/c1-8-4-3-5-9(2)16(8)10(17)6-15-7-13-11(12)14-15/h7-9H,3-6H2,1-2H3,(H2,12,14). The smallest absolute Gasteiger partial charge is 0.244 e. The maximum Gasteiger partial charge on any atom is 0.244 e. The van der Waals surface area contributed by atoms with Gasteiger partial charge in [0.1, 0.15) is 12.9 Å². The van der Waals surface area contributed by atoms with Gasteiger partial charge >= 0.3 is 0 Å². The lowest BCUT2D eigenvalue weighted by atomic mass is 9.97. The second kappa shape index (κ2) is 4.73. The minimum atomic E-state index is 0.0922. The highest BCUT2D eigenvalue weighted by Gasteiger charge is 2.28. The van der Waals surface area contributed by atoms with Crippen LogP contribution in [0.3, 0.4) is 0 Å². The lowest BCUT2D eigenvalue weighted by Gasteiger charge is -2.39. The van der Waals surface area contributed by atoms with Gasteiger partial charge in [0.2, 0.25) is 11.9 Å². The fourth-order valence-corrected chi connectivity index (χ4v) is 2.52. The average molecular weight is 237 g/mol. The molecule has 0 saturated carbocycles. The van der Waals surface area contributed by atoms with Gasteiger partial charge in [0.05, 0.1) is 0 Å². The largest absolute Gasteiger partial charge is 0.367 e. The summed E-state index contributed by atoms with van der Waals surface area (Å²) >= 11 is 0. The minimum absolute atomic E-state index is 0.0922. The minimum Gasteiger partial charge on any atom is -0.367 e. The molecule has 1 aliphatic rings. The van der Waals surface area contributed by atoms with E-state index in [1.807, 2.05) is 4.90 Å². The average Bonchev–Trinajstić information content (AvgIpc) is 2.63. The molecule has 2 rings (SSSR count). The molecule has 2 unspecified atom stereocenters. The van der Waals surface area contributed by atoms with Crippen molar-refractivity contribution >= 4 is 11.9 Å². The van der Waals surface area contributed by atoms with Crippen LogP contribution in [0, 0.1) is 0 Å². The van der Waals surface area contributed by atoms with Crippen LogP contribution in [0.25, 0.3) is 0 Å². The number of piperidine rings is 1. The molecular formula is C11H19N5O. The van der Waals surface area contributed by atoms with Crippen LogP contribution < -0.4 is 5.73 Å². The Hall–Kier alpha value is -1.59. The zero-order valence-corrected chi connectivity index (χ0v) is 10.3. The van der Waals surface area contributed by atoms with Gasteiger partial charge < -0.3 is 10.6 Å². The van der Waals surface area contributed by atoms with Gasteiger partial charge in [-0.25, -0.2) is 9.67 Å². The normalized spacial score (nSPS) is 24.9. The third-order valence-electron chi connectivity index (χ3n) is 3.33. The molecule has 1 aromatic heterocycles. The molecule has 1 amide bonds. The Labute approximate surface area is 101 Å². The Morgan fingerprint density at radius 3 is 2.65 bits per heavy atom. The fourth-order valence-electron chi connectivity index (χ4n) is 2.52. The summed E-state index contributed by atoms with van der Waals surface area (Å²) in [5.74, 6) is 0.298. The van der Waals surface area contributed by atoms with E-state index in [1.54, 1.807) is 0 Å². The van der Waals surface area contributed by atoms with Crippen LogP contribution in [0.5, 0.6) is 0 Å². The van der Waals surface area contributed by atoms with E-state index in [0.29, 0.717) is 12.1 Å². The lowest BCUT2D eigenvalue weighted by molar-refractivity contribution is -0.138. The van der Waals surface area contributed by atoms with Crippen LogP contribution in [0.1, 0.15) is 33.1 Å². The second-order valence-corrected chi connectivity index (χ2v) is 4.73. The summed E-state index contributed by atoms with van der Waals surface area (Å²) in [5, 5.41) is 3.93. The van der Waals surface area contributed by atoms with E-state index in [1.165, 1.54) is 17.4 Å². The van der Waals surface area contributed by atoms with Crippen molar-refractivity contribution in [2.75, 3.05) is 5.73 Å².